The van der Waals surface area contributed by atoms with Crippen LogP contribution >= 0.6 is 0 Å². The molecule has 2 aromatic rings. The van der Waals surface area contributed by atoms with Crippen molar-refractivity contribution in [1.29, 1.82) is 0 Å². The molecule has 0 aliphatic heterocycles. The quantitative estimate of drug-likeness (QED) is 0.902. The summed E-state index contributed by atoms with van der Waals surface area (Å²) in [7, 11) is 1.63. The molecule has 0 unspecified atom stereocenters. The second kappa shape index (κ2) is 5.42. The highest BCUT2D eigenvalue weighted by molar-refractivity contribution is 5.88. The van der Waals surface area contributed by atoms with Crippen molar-refractivity contribution in [1.82, 2.24) is 10.2 Å². The number of ether oxygens (including phenoxy) is 1. The number of carboxylic acids is 1. The van der Waals surface area contributed by atoms with Gasteiger partial charge in [-0.3, -0.25) is 0 Å². The fourth-order valence-electron chi connectivity index (χ4n) is 1.63. The fourth-order valence-corrected chi connectivity index (χ4v) is 1.63. The van der Waals surface area contributed by atoms with Gasteiger partial charge in [0, 0.05) is 12.7 Å². The average molecular weight is 276 g/mol. The molecule has 20 heavy (non-hydrogen) atoms. The second-order valence-corrected chi connectivity index (χ2v) is 5.02. The molecule has 0 fully saturated rings. The standard InChI is InChI=1S/C14H16N2O4/c1-14(2,19-3)8-11-15-16-12(20-11)9-4-6-10(7-5-9)13(17)18/h4-7H,8H2,1-3H3,(H,17,18). The van der Waals surface area contributed by atoms with Crippen LogP contribution in [0.2, 0.25) is 0 Å². The second-order valence-electron chi connectivity index (χ2n) is 5.02. The minimum Gasteiger partial charge on any atom is -0.478 e. The maximum atomic E-state index is 10.8. The van der Waals surface area contributed by atoms with Gasteiger partial charge in [-0.25, -0.2) is 4.79 Å². The van der Waals surface area contributed by atoms with E-state index in [9.17, 15) is 4.79 Å². The predicted octanol–water partition coefficient (Wildman–Crippen LogP) is 2.40. The van der Waals surface area contributed by atoms with Crippen LogP contribution < -0.4 is 0 Å². The molecule has 0 saturated carbocycles. The molecule has 0 aliphatic rings. The van der Waals surface area contributed by atoms with Crippen LogP contribution in [0, 0.1) is 0 Å². The Balaban J connectivity index is 2.18. The number of benzene rings is 1. The van der Waals surface area contributed by atoms with Crippen LogP contribution in [-0.2, 0) is 11.2 Å². The van der Waals surface area contributed by atoms with Crippen LogP contribution in [0.3, 0.4) is 0 Å². The Morgan fingerprint density at radius 3 is 2.50 bits per heavy atom. The molecule has 2 rings (SSSR count). The van der Waals surface area contributed by atoms with Gasteiger partial charge in [0.1, 0.15) is 0 Å². The topological polar surface area (TPSA) is 85.5 Å². The normalized spacial score (nSPS) is 11.6. The van der Waals surface area contributed by atoms with E-state index in [2.05, 4.69) is 10.2 Å². The molecule has 0 atom stereocenters. The lowest BCUT2D eigenvalue weighted by atomic mass is 10.1. The largest absolute Gasteiger partial charge is 0.478 e. The molecule has 0 aliphatic carbocycles. The number of aromatic nitrogens is 2. The van der Waals surface area contributed by atoms with Gasteiger partial charge in [0.2, 0.25) is 11.8 Å². The molecule has 0 amide bonds. The minimum atomic E-state index is -0.968. The first-order valence-corrected chi connectivity index (χ1v) is 6.12. The molecular formula is C14H16N2O4. The number of methoxy groups -OCH3 is 1. The lowest BCUT2D eigenvalue weighted by Gasteiger charge is -2.20. The van der Waals surface area contributed by atoms with Crippen molar-refractivity contribution in [3.63, 3.8) is 0 Å². The molecule has 1 N–H and O–H groups in total. The van der Waals surface area contributed by atoms with E-state index < -0.39 is 5.97 Å². The zero-order valence-corrected chi connectivity index (χ0v) is 11.6. The number of carboxylic acid groups (broad SMARTS) is 1. The van der Waals surface area contributed by atoms with Crippen molar-refractivity contribution in [2.24, 2.45) is 0 Å². The van der Waals surface area contributed by atoms with E-state index in [-0.39, 0.29) is 11.2 Å². The van der Waals surface area contributed by atoms with Gasteiger partial charge in [-0.2, -0.15) is 0 Å². The van der Waals surface area contributed by atoms with Crippen molar-refractivity contribution < 1.29 is 19.1 Å². The van der Waals surface area contributed by atoms with Crippen molar-refractivity contribution in [2.75, 3.05) is 7.11 Å². The fraction of sp³-hybridized carbons (Fsp3) is 0.357. The van der Waals surface area contributed by atoms with Gasteiger partial charge >= 0.3 is 5.97 Å². The Labute approximate surface area is 116 Å². The van der Waals surface area contributed by atoms with Gasteiger partial charge in [-0.05, 0) is 38.1 Å². The van der Waals surface area contributed by atoms with Crippen LogP contribution in [0.25, 0.3) is 11.5 Å². The summed E-state index contributed by atoms with van der Waals surface area (Å²) in [6, 6.07) is 6.28. The summed E-state index contributed by atoms with van der Waals surface area (Å²) in [5.74, 6) is -0.123. The number of nitrogens with zero attached hydrogens (tertiary/aromatic N) is 2. The van der Waals surface area contributed by atoms with E-state index in [0.29, 0.717) is 23.8 Å². The van der Waals surface area contributed by atoms with E-state index in [1.807, 2.05) is 13.8 Å². The molecule has 6 nitrogen and oxygen atoms in total. The summed E-state index contributed by atoms with van der Waals surface area (Å²) < 4.78 is 10.9. The smallest absolute Gasteiger partial charge is 0.335 e. The number of rotatable bonds is 5. The van der Waals surface area contributed by atoms with Crippen LogP contribution in [0.15, 0.2) is 28.7 Å². The summed E-state index contributed by atoms with van der Waals surface area (Å²) in [6.45, 7) is 3.86. The first-order valence-electron chi connectivity index (χ1n) is 6.12. The highest BCUT2D eigenvalue weighted by Crippen LogP contribution is 2.21. The predicted molar refractivity (Wildman–Crippen MR) is 71.5 cm³/mol. The van der Waals surface area contributed by atoms with Gasteiger partial charge in [0.25, 0.3) is 0 Å². The highest BCUT2D eigenvalue weighted by Gasteiger charge is 2.21. The minimum absolute atomic E-state index is 0.217. The van der Waals surface area contributed by atoms with E-state index in [1.165, 1.54) is 12.1 Å². The van der Waals surface area contributed by atoms with Gasteiger partial charge in [-0.15, -0.1) is 10.2 Å². The van der Waals surface area contributed by atoms with E-state index in [0.717, 1.165) is 0 Å². The molecule has 1 heterocycles. The number of carbonyl (C=O) groups is 1. The molecule has 1 aromatic carbocycles. The molecule has 106 valence electrons. The van der Waals surface area contributed by atoms with Crippen molar-refractivity contribution >= 4 is 5.97 Å². The summed E-state index contributed by atoms with van der Waals surface area (Å²) >= 11 is 0. The molecule has 0 bridgehead atoms. The van der Waals surface area contributed by atoms with E-state index in [1.54, 1.807) is 19.2 Å². The van der Waals surface area contributed by atoms with Crippen LogP contribution in [0.1, 0.15) is 30.1 Å². The third kappa shape index (κ3) is 3.21. The SMILES string of the molecule is COC(C)(C)Cc1nnc(-c2ccc(C(=O)O)cc2)o1. The zero-order chi connectivity index (χ0) is 14.8. The van der Waals surface area contributed by atoms with Crippen LogP contribution in [0.5, 0.6) is 0 Å². The molecule has 0 spiro atoms. The Bertz CT molecular complexity index is 602. The lowest BCUT2D eigenvalue weighted by molar-refractivity contribution is 0.0182. The Morgan fingerprint density at radius 1 is 1.30 bits per heavy atom. The maximum Gasteiger partial charge on any atom is 0.335 e. The summed E-state index contributed by atoms with van der Waals surface area (Å²) in [6.07, 6.45) is 0.504. The lowest BCUT2D eigenvalue weighted by Crippen LogP contribution is -2.25. The van der Waals surface area contributed by atoms with E-state index in [4.69, 9.17) is 14.3 Å². The first-order chi connectivity index (χ1) is 9.41. The number of hydrogen-bond donors (Lipinski definition) is 1. The van der Waals surface area contributed by atoms with Crippen LogP contribution in [0.4, 0.5) is 0 Å². The van der Waals surface area contributed by atoms with Crippen LogP contribution in [-0.4, -0.2) is 34.0 Å². The van der Waals surface area contributed by atoms with Gasteiger partial charge in [0.15, 0.2) is 0 Å². The number of aromatic carboxylic acids is 1. The average Bonchev–Trinajstić information content (AvgIpc) is 2.86. The molecule has 1 aromatic heterocycles. The van der Waals surface area contributed by atoms with Gasteiger partial charge in [-0.1, -0.05) is 0 Å². The molecular weight excluding hydrogens is 260 g/mol. The summed E-state index contributed by atoms with van der Waals surface area (Å²) in [5.41, 5.74) is 0.523. The molecule has 0 saturated heterocycles. The Hall–Kier alpha value is -2.21. The third-order valence-electron chi connectivity index (χ3n) is 2.98. The molecule has 6 heteroatoms. The summed E-state index contributed by atoms with van der Waals surface area (Å²) in [4.78, 5) is 10.8. The van der Waals surface area contributed by atoms with Crippen molar-refractivity contribution in [2.45, 2.75) is 25.9 Å². The Kier molecular flexibility index (Phi) is 3.85. The van der Waals surface area contributed by atoms with Gasteiger partial charge in [0.05, 0.1) is 17.6 Å². The zero-order valence-electron chi connectivity index (χ0n) is 11.6. The third-order valence-corrected chi connectivity index (χ3v) is 2.98. The monoisotopic (exact) mass is 276 g/mol. The Morgan fingerprint density at radius 2 is 1.95 bits per heavy atom. The van der Waals surface area contributed by atoms with Gasteiger partial charge < -0.3 is 14.3 Å². The van der Waals surface area contributed by atoms with Crippen molar-refractivity contribution in [3.05, 3.63) is 35.7 Å². The first kappa shape index (κ1) is 14.2. The van der Waals surface area contributed by atoms with Crippen molar-refractivity contribution in [3.8, 4) is 11.5 Å². The maximum absolute atomic E-state index is 10.8. The number of hydrogen-bond acceptors (Lipinski definition) is 5. The highest BCUT2D eigenvalue weighted by atomic mass is 16.5. The molecule has 0 radical (unpaired) electrons. The summed E-state index contributed by atoms with van der Waals surface area (Å²) in [5, 5.41) is 16.8. The van der Waals surface area contributed by atoms with E-state index >= 15 is 0 Å².